The Hall–Kier alpha value is -1.92. The van der Waals surface area contributed by atoms with Gasteiger partial charge in [0.2, 0.25) is 5.91 Å². The number of amides is 1. The summed E-state index contributed by atoms with van der Waals surface area (Å²) in [6.07, 6.45) is 70.2. The van der Waals surface area contributed by atoms with Crippen LogP contribution in [0.15, 0.2) is 36.5 Å². The van der Waals surface area contributed by atoms with Gasteiger partial charge in [-0.3, -0.25) is 9.59 Å². The summed E-state index contributed by atoms with van der Waals surface area (Å²) in [6, 6.07) is -0.635. The number of aliphatic hydroxyl groups is 2. The molecule has 0 saturated carbocycles. The molecule has 0 aromatic rings. The Morgan fingerprint density at radius 3 is 1.06 bits per heavy atom. The highest BCUT2D eigenvalue weighted by atomic mass is 16.5. The highest BCUT2D eigenvalue weighted by Gasteiger charge is 2.18. The molecule has 0 heterocycles. The lowest BCUT2D eigenvalue weighted by molar-refractivity contribution is -0.143. The molecule has 3 N–H and O–H groups in total. The molecular weight excluding hydrogens is 827 g/mol. The monoisotopic (exact) mass is 942 g/mol. The zero-order chi connectivity index (χ0) is 48.6. The molecule has 0 bridgehead atoms. The topological polar surface area (TPSA) is 95.9 Å². The second-order valence-corrected chi connectivity index (χ2v) is 20.3. The van der Waals surface area contributed by atoms with Crippen LogP contribution in [0, 0.1) is 0 Å². The van der Waals surface area contributed by atoms with Gasteiger partial charge >= 0.3 is 5.97 Å². The number of unbranched alkanes of at least 4 members (excludes halogenated alkanes) is 40. The van der Waals surface area contributed by atoms with Crippen molar-refractivity contribution in [2.75, 3.05) is 13.2 Å². The van der Waals surface area contributed by atoms with Crippen LogP contribution < -0.4 is 5.32 Å². The summed E-state index contributed by atoms with van der Waals surface area (Å²) in [5.41, 5.74) is 0. The molecule has 0 aliphatic carbocycles. The minimum atomic E-state index is -0.851. The Morgan fingerprint density at radius 2 is 0.701 bits per heavy atom. The summed E-state index contributed by atoms with van der Waals surface area (Å²) >= 11 is 0. The summed E-state index contributed by atoms with van der Waals surface area (Å²) in [6.45, 7) is 4.89. The first-order chi connectivity index (χ1) is 33.0. The number of ether oxygens (including phenoxy) is 1. The van der Waals surface area contributed by atoms with Gasteiger partial charge in [0.25, 0.3) is 0 Å². The summed E-state index contributed by atoms with van der Waals surface area (Å²) in [5.74, 6) is -0.0816. The van der Waals surface area contributed by atoms with Gasteiger partial charge in [-0.1, -0.05) is 256 Å². The van der Waals surface area contributed by atoms with Crippen LogP contribution in [0.4, 0.5) is 0 Å². The molecule has 0 aliphatic heterocycles. The minimum absolute atomic E-state index is 0.00484. The van der Waals surface area contributed by atoms with Gasteiger partial charge in [-0.2, -0.15) is 0 Å². The largest absolute Gasteiger partial charge is 0.466 e. The van der Waals surface area contributed by atoms with E-state index in [9.17, 15) is 19.8 Å². The van der Waals surface area contributed by atoms with Gasteiger partial charge in [-0.15, -0.1) is 0 Å². The maximum absolute atomic E-state index is 12.5. The molecule has 6 nitrogen and oxygen atoms in total. The third kappa shape index (κ3) is 53.3. The number of hydrogen-bond acceptors (Lipinski definition) is 5. The smallest absolute Gasteiger partial charge is 0.305 e. The predicted molar refractivity (Wildman–Crippen MR) is 292 cm³/mol. The van der Waals surface area contributed by atoms with Crippen molar-refractivity contribution in [1.29, 1.82) is 0 Å². The lowest BCUT2D eigenvalue weighted by atomic mass is 10.0. The van der Waals surface area contributed by atoms with E-state index in [0.29, 0.717) is 19.4 Å². The van der Waals surface area contributed by atoms with Crippen LogP contribution >= 0.6 is 0 Å². The zero-order valence-electron chi connectivity index (χ0n) is 44.9. The zero-order valence-corrected chi connectivity index (χ0v) is 44.9. The normalized spacial score (nSPS) is 12.8. The van der Waals surface area contributed by atoms with Gasteiger partial charge in [0, 0.05) is 12.8 Å². The van der Waals surface area contributed by atoms with Crippen LogP contribution in [0.2, 0.25) is 0 Å². The Bertz CT molecular complexity index is 1090. The lowest BCUT2D eigenvalue weighted by Crippen LogP contribution is -2.45. The van der Waals surface area contributed by atoms with E-state index >= 15 is 0 Å². The van der Waals surface area contributed by atoms with Crippen molar-refractivity contribution < 1.29 is 24.5 Å². The van der Waals surface area contributed by atoms with E-state index in [1.165, 1.54) is 238 Å². The molecule has 0 aromatic carbocycles. The first-order valence-electron chi connectivity index (χ1n) is 29.8. The van der Waals surface area contributed by atoms with Crippen LogP contribution in [0.5, 0.6) is 0 Å². The fourth-order valence-corrected chi connectivity index (χ4v) is 9.03. The average molecular weight is 943 g/mol. The second kappa shape index (κ2) is 56.7. The summed E-state index contributed by atoms with van der Waals surface area (Å²) < 4.78 is 5.47. The van der Waals surface area contributed by atoms with Crippen molar-refractivity contribution in [3.63, 3.8) is 0 Å². The van der Waals surface area contributed by atoms with Crippen molar-refractivity contribution in [3.05, 3.63) is 36.5 Å². The minimum Gasteiger partial charge on any atom is -0.466 e. The van der Waals surface area contributed by atoms with E-state index in [1.54, 1.807) is 6.08 Å². The van der Waals surface area contributed by atoms with Crippen molar-refractivity contribution >= 4 is 11.9 Å². The summed E-state index contributed by atoms with van der Waals surface area (Å²) in [4.78, 5) is 24.5. The van der Waals surface area contributed by atoms with Gasteiger partial charge in [-0.05, 0) is 83.5 Å². The molecule has 6 heteroatoms. The van der Waals surface area contributed by atoms with Crippen LogP contribution in [-0.2, 0) is 14.3 Å². The number of nitrogens with one attached hydrogen (secondary N) is 1. The van der Waals surface area contributed by atoms with Gasteiger partial charge < -0.3 is 20.3 Å². The van der Waals surface area contributed by atoms with Gasteiger partial charge in [0.15, 0.2) is 0 Å². The molecule has 2 atom stereocenters. The quantitative estimate of drug-likeness (QED) is 0.0321. The third-order valence-corrected chi connectivity index (χ3v) is 13.6. The van der Waals surface area contributed by atoms with Crippen molar-refractivity contribution in [2.24, 2.45) is 0 Å². The van der Waals surface area contributed by atoms with Crippen LogP contribution in [-0.4, -0.2) is 47.4 Å². The number of allylic oxidation sites excluding steroid dienone is 5. The molecule has 0 radical (unpaired) electrons. The van der Waals surface area contributed by atoms with E-state index in [0.717, 1.165) is 51.4 Å². The summed E-state index contributed by atoms with van der Waals surface area (Å²) in [7, 11) is 0. The Labute approximate surface area is 417 Å². The number of aliphatic hydroxyl groups excluding tert-OH is 2. The molecular formula is C61H115NO5. The molecule has 0 aromatic heterocycles. The fraction of sp³-hybridized carbons (Fsp3) is 0.869. The molecule has 0 fully saturated rings. The van der Waals surface area contributed by atoms with Crippen LogP contribution in [0.1, 0.15) is 316 Å². The van der Waals surface area contributed by atoms with E-state index in [4.69, 9.17) is 4.74 Å². The van der Waals surface area contributed by atoms with E-state index < -0.39 is 12.1 Å². The number of carbonyl (C=O) groups is 2. The average Bonchev–Trinajstić information content (AvgIpc) is 3.33. The molecule has 0 spiro atoms. The van der Waals surface area contributed by atoms with Crippen LogP contribution in [0.3, 0.4) is 0 Å². The number of rotatable bonds is 55. The predicted octanol–water partition coefficient (Wildman–Crippen LogP) is 18.4. The van der Waals surface area contributed by atoms with Crippen molar-refractivity contribution in [3.8, 4) is 0 Å². The first-order valence-corrected chi connectivity index (χ1v) is 29.8. The first kappa shape index (κ1) is 65.1. The Balaban J connectivity index is 3.47. The Morgan fingerprint density at radius 1 is 0.403 bits per heavy atom. The molecule has 67 heavy (non-hydrogen) atoms. The number of hydrogen-bond donors (Lipinski definition) is 3. The SMILES string of the molecule is CCCCCCCC/C=C\CCCCCCCC(=O)OCCCCCCCCCC/C=C\CCCCCCCCCC(=O)NC(CO)C(O)/C=C/CCCCCCCCCCCCCCCC. The number of carbonyl (C=O) groups excluding carboxylic acids is 2. The second-order valence-electron chi connectivity index (χ2n) is 20.3. The van der Waals surface area contributed by atoms with E-state index in [2.05, 4.69) is 43.5 Å². The maximum atomic E-state index is 12.5. The van der Waals surface area contributed by atoms with Gasteiger partial charge in [0.05, 0.1) is 25.4 Å². The molecule has 0 saturated heterocycles. The molecule has 1 amide bonds. The van der Waals surface area contributed by atoms with Gasteiger partial charge in [-0.25, -0.2) is 0 Å². The maximum Gasteiger partial charge on any atom is 0.305 e. The van der Waals surface area contributed by atoms with Crippen LogP contribution in [0.25, 0.3) is 0 Å². The fourth-order valence-electron chi connectivity index (χ4n) is 9.03. The van der Waals surface area contributed by atoms with E-state index in [1.807, 2.05) is 6.08 Å². The third-order valence-electron chi connectivity index (χ3n) is 13.6. The highest BCUT2D eigenvalue weighted by Crippen LogP contribution is 2.16. The molecule has 394 valence electrons. The highest BCUT2D eigenvalue weighted by molar-refractivity contribution is 5.76. The van der Waals surface area contributed by atoms with Crippen molar-refractivity contribution in [1.82, 2.24) is 5.32 Å². The number of esters is 1. The lowest BCUT2D eigenvalue weighted by Gasteiger charge is -2.20. The van der Waals surface area contributed by atoms with Gasteiger partial charge in [0.1, 0.15) is 0 Å². The van der Waals surface area contributed by atoms with E-state index in [-0.39, 0.29) is 18.5 Å². The summed E-state index contributed by atoms with van der Waals surface area (Å²) in [5, 5.41) is 23.1. The molecule has 0 aliphatic rings. The molecule has 2 unspecified atom stereocenters. The standard InChI is InChI=1S/C61H115NO5/c1-3-5-7-9-11-13-15-17-19-26-29-33-37-41-45-49-53-59(64)58(57-63)62-60(65)54-50-46-42-38-34-30-27-23-21-20-22-24-28-32-36-40-44-48-52-56-67-61(66)55-51-47-43-39-35-31-25-18-16-14-12-10-8-6-4-2/h18,20-21,25,49,53,58-59,63-64H,3-17,19,22-24,26-48,50-52,54-57H2,1-2H3,(H,62,65)/b21-20-,25-18-,53-49+. The Kier molecular flexibility index (Phi) is 55.0. The van der Waals surface area contributed by atoms with Crippen molar-refractivity contribution in [2.45, 2.75) is 328 Å². The molecule has 0 rings (SSSR count).